The van der Waals surface area contributed by atoms with E-state index < -0.39 is 217 Å². The number of aliphatic hydroxyl groups excluding tert-OH is 16. The number of aliphatic hydroxyl groups is 16. The molecule has 0 aromatic rings. The molecule has 0 aromatic carbocycles. The van der Waals surface area contributed by atoms with E-state index in [0.29, 0.717) is 0 Å². The number of rotatable bonds is 23. The lowest BCUT2D eigenvalue weighted by Crippen LogP contribution is -2.71. The molecule has 31 nitrogen and oxygen atoms in total. The maximum absolute atomic E-state index is 13.0. The van der Waals surface area contributed by atoms with Crippen molar-refractivity contribution in [1.82, 2.24) is 10.6 Å². The van der Waals surface area contributed by atoms with Gasteiger partial charge in [-0.15, -0.1) is 0 Å². The molecular formula is C38H66N2O29. The Bertz CT molecular complexity index is 1620. The van der Waals surface area contributed by atoms with Crippen LogP contribution < -0.4 is 10.6 Å². The molecule has 25 atom stereocenters. The first-order valence-electron chi connectivity index (χ1n) is 21.6. The highest BCUT2D eigenvalue weighted by Crippen LogP contribution is 2.39. The monoisotopic (exact) mass is 1010 g/mol. The summed E-state index contributed by atoms with van der Waals surface area (Å²) in [5.41, 5.74) is 0. The first kappa shape index (κ1) is 59.0. The Morgan fingerprint density at radius 3 is 1.71 bits per heavy atom. The normalized spacial score (nSPS) is 41.3. The van der Waals surface area contributed by atoms with Gasteiger partial charge in [0.15, 0.2) is 18.9 Å². The molecule has 4 heterocycles. The van der Waals surface area contributed by atoms with Gasteiger partial charge < -0.3 is 140 Å². The fraction of sp³-hybridized carbons (Fsp3) is 0.921. The molecule has 19 N–H and O–H groups in total. The molecule has 4 aliphatic heterocycles. The minimum absolute atomic E-state index is 0.816. The lowest BCUT2D eigenvalue weighted by Gasteiger charge is -2.51. The van der Waals surface area contributed by atoms with E-state index in [9.17, 15) is 101 Å². The molecule has 2 amide bonds. The molecule has 31 heteroatoms. The van der Waals surface area contributed by atoms with Crippen molar-refractivity contribution in [2.24, 2.45) is 0 Å². The molecule has 0 aromatic heterocycles. The number of aliphatic carboxylic acids is 1. The summed E-state index contributed by atoms with van der Waals surface area (Å²) >= 11 is 0. The van der Waals surface area contributed by atoms with Gasteiger partial charge in [-0.05, 0) is 6.92 Å². The highest BCUT2D eigenvalue weighted by atomic mass is 16.8. The van der Waals surface area contributed by atoms with Gasteiger partial charge in [0.2, 0.25) is 11.8 Å². The van der Waals surface area contributed by atoms with Crippen molar-refractivity contribution in [2.75, 3.05) is 39.8 Å². The molecule has 14 unspecified atom stereocenters. The van der Waals surface area contributed by atoms with Crippen molar-refractivity contribution >= 4 is 17.8 Å². The fourth-order valence-corrected chi connectivity index (χ4v) is 8.31. The molecule has 402 valence electrons. The zero-order valence-electron chi connectivity index (χ0n) is 37.3. The quantitative estimate of drug-likeness (QED) is 0.0423. The summed E-state index contributed by atoms with van der Waals surface area (Å²) in [6.45, 7) is -3.16. The number of ether oxygens (including phenoxy) is 9. The Morgan fingerprint density at radius 2 is 1.20 bits per heavy atom. The molecule has 0 spiro atoms. The lowest BCUT2D eigenvalue weighted by atomic mass is 9.88. The van der Waals surface area contributed by atoms with Gasteiger partial charge >= 0.3 is 5.97 Å². The minimum Gasteiger partial charge on any atom is -0.477 e. The Labute approximate surface area is 391 Å². The Balaban J connectivity index is 1.67. The van der Waals surface area contributed by atoms with Crippen molar-refractivity contribution in [3.05, 3.63) is 0 Å². The molecule has 0 bridgehead atoms. The average Bonchev–Trinajstić information content (AvgIpc) is 3.30. The van der Waals surface area contributed by atoms with Gasteiger partial charge in [-0.25, -0.2) is 4.79 Å². The van der Waals surface area contributed by atoms with Gasteiger partial charge in [0.05, 0.1) is 51.3 Å². The molecule has 4 fully saturated rings. The number of nitrogens with one attached hydrogen (secondary N) is 2. The SMILES string of the molecule is CC(=O)NC1C(O[C@@H]2OC(CO)[C@H](O)C(O[C@]3(C(=O)O)CC(O)[C@@H](NC(C)=O)C([C@H](O)[C@H](O)CO)O3)C2O)[C@@H](O)C(CO)O[C@H]1O[C@H]1C(CO)O[C@@H](O[C@H](C(CO)OCO)C(O)C(C)O)C(O)C1O. The van der Waals surface area contributed by atoms with Crippen molar-refractivity contribution in [1.29, 1.82) is 0 Å². The van der Waals surface area contributed by atoms with Crippen LogP contribution in [0.5, 0.6) is 0 Å². The van der Waals surface area contributed by atoms with E-state index in [1.807, 2.05) is 0 Å². The second-order valence-electron chi connectivity index (χ2n) is 16.9. The molecule has 4 aliphatic rings. The second kappa shape index (κ2) is 25.9. The predicted molar refractivity (Wildman–Crippen MR) is 214 cm³/mol. The van der Waals surface area contributed by atoms with Crippen LogP contribution in [0.15, 0.2) is 0 Å². The first-order chi connectivity index (χ1) is 32.4. The zero-order chi connectivity index (χ0) is 51.8. The number of carboxylic acid groups (broad SMARTS) is 1. The highest BCUT2D eigenvalue weighted by Gasteiger charge is 2.61. The van der Waals surface area contributed by atoms with E-state index in [1.54, 1.807) is 0 Å². The number of hydrogen-bond donors (Lipinski definition) is 19. The molecule has 0 aliphatic carbocycles. The Kier molecular flexibility index (Phi) is 22.1. The summed E-state index contributed by atoms with van der Waals surface area (Å²) in [5.74, 6) is -6.97. The summed E-state index contributed by atoms with van der Waals surface area (Å²) < 4.78 is 50.7. The summed E-state index contributed by atoms with van der Waals surface area (Å²) in [7, 11) is 0. The summed E-state index contributed by atoms with van der Waals surface area (Å²) in [6, 6.07) is -3.48. The first-order valence-corrected chi connectivity index (χ1v) is 21.6. The van der Waals surface area contributed by atoms with Crippen LogP contribution in [0.2, 0.25) is 0 Å². The van der Waals surface area contributed by atoms with Gasteiger partial charge in [0.25, 0.3) is 5.79 Å². The van der Waals surface area contributed by atoms with E-state index in [2.05, 4.69) is 10.6 Å². The van der Waals surface area contributed by atoms with Crippen molar-refractivity contribution in [3.8, 4) is 0 Å². The van der Waals surface area contributed by atoms with Gasteiger partial charge in [0, 0.05) is 20.3 Å². The average molecular weight is 1010 g/mol. The summed E-state index contributed by atoms with van der Waals surface area (Å²) in [4.78, 5) is 37.7. The third-order valence-electron chi connectivity index (χ3n) is 11.9. The predicted octanol–water partition coefficient (Wildman–Crippen LogP) is -11.8. The summed E-state index contributed by atoms with van der Waals surface area (Å²) in [5, 5.41) is 184. The van der Waals surface area contributed by atoms with E-state index in [1.165, 1.54) is 0 Å². The number of carbonyl (C=O) groups is 3. The van der Waals surface area contributed by atoms with E-state index in [0.717, 1.165) is 20.8 Å². The van der Waals surface area contributed by atoms with Crippen LogP contribution >= 0.6 is 0 Å². The molecule has 0 radical (unpaired) electrons. The molecular weight excluding hydrogens is 948 g/mol. The maximum Gasteiger partial charge on any atom is 0.364 e. The second-order valence-corrected chi connectivity index (χ2v) is 16.9. The number of hydrogen-bond acceptors (Lipinski definition) is 28. The standard InChI is InChI=1S/C38H66N2O29/c1-11(47)22(52)29(18(8-44)61-10-46)66-35-27(57)26(56)30(19(9-45)64-35)65-34-21(40-13(3)49)31(24(54)16(6-42)62-34)67-36-28(58)33(25(55)17(7-43)63-36)69-38(37(59)60)4-14(50)20(39-12(2)48)32(68-38)23(53)15(51)5-41/h11,14-36,41-47,50-58H,4-10H2,1-3H3,(H,39,48)(H,40,49)(H,59,60)/t11?,14?,15-,16?,17?,18?,19?,20-,21?,22?,23-,24+,25+,26?,27?,28?,29-,30+,31?,32?,33?,34+,35+,36+,38+/m1/s1. The molecule has 4 saturated heterocycles. The smallest absolute Gasteiger partial charge is 0.364 e. The third kappa shape index (κ3) is 13.5. The Morgan fingerprint density at radius 1 is 0.667 bits per heavy atom. The largest absolute Gasteiger partial charge is 0.477 e. The van der Waals surface area contributed by atoms with Crippen molar-refractivity contribution in [3.63, 3.8) is 0 Å². The van der Waals surface area contributed by atoms with Gasteiger partial charge in [0.1, 0.15) is 117 Å². The zero-order valence-corrected chi connectivity index (χ0v) is 37.3. The van der Waals surface area contributed by atoms with Crippen LogP contribution in [-0.2, 0) is 57.0 Å². The molecule has 4 rings (SSSR count). The van der Waals surface area contributed by atoms with Crippen LogP contribution in [0, 0.1) is 0 Å². The van der Waals surface area contributed by atoms with Crippen LogP contribution in [0.3, 0.4) is 0 Å². The molecule has 0 saturated carbocycles. The van der Waals surface area contributed by atoms with Gasteiger partial charge in [-0.3, -0.25) is 9.59 Å². The van der Waals surface area contributed by atoms with Crippen LogP contribution in [-0.4, -0.2) is 297 Å². The molecule has 69 heavy (non-hydrogen) atoms. The van der Waals surface area contributed by atoms with Crippen LogP contribution in [0.1, 0.15) is 27.2 Å². The minimum atomic E-state index is -3.19. The number of carbonyl (C=O) groups excluding carboxylic acids is 2. The van der Waals surface area contributed by atoms with E-state index in [4.69, 9.17) is 42.6 Å². The van der Waals surface area contributed by atoms with Crippen molar-refractivity contribution in [2.45, 2.75) is 180 Å². The fourth-order valence-electron chi connectivity index (χ4n) is 8.31. The highest BCUT2D eigenvalue weighted by molar-refractivity contribution is 5.76. The van der Waals surface area contributed by atoms with Crippen LogP contribution in [0.4, 0.5) is 0 Å². The number of amides is 2. The number of carboxylic acids is 1. The third-order valence-corrected chi connectivity index (χ3v) is 11.9. The van der Waals surface area contributed by atoms with Gasteiger partial charge in [-0.1, -0.05) is 0 Å². The topological polar surface area (TPSA) is 502 Å². The Hall–Kier alpha value is -2.59. The van der Waals surface area contributed by atoms with E-state index in [-0.39, 0.29) is 0 Å². The van der Waals surface area contributed by atoms with Gasteiger partial charge in [-0.2, -0.15) is 0 Å². The van der Waals surface area contributed by atoms with E-state index >= 15 is 0 Å². The lowest BCUT2D eigenvalue weighted by molar-refractivity contribution is -0.386. The van der Waals surface area contributed by atoms with Crippen LogP contribution in [0.25, 0.3) is 0 Å². The summed E-state index contributed by atoms with van der Waals surface area (Å²) in [6.07, 6.45) is -44.9. The maximum atomic E-state index is 13.0. The van der Waals surface area contributed by atoms with Crippen molar-refractivity contribution < 1.29 is 144 Å².